The van der Waals surface area contributed by atoms with Crippen LogP contribution in [0.2, 0.25) is 0 Å². The van der Waals surface area contributed by atoms with Crippen molar-refractivity contribution in [1.82, 2.24) is 5.32 Å². The van der Waals surface area contributed by atoms with E-state index in [1.165, 1.54) is 0 Å². The highest BCUT2D eigenvalue weighted by molar-refractivity contribution is 5.85. The molecule has 1 N–H and O–H groups in total. The molecule has 0 spiro atoms. The van der Waals surface area contributed by atoms with Crippen LogP contribution in [0.15, 0.2) is 0 Å². The van der Waals surface area contributed by atoms with Crippen molar-refractivity contribution >= 4 is 12.4 Å². The van der Waals surface area contributed by atoms with Gasteiger partial charge in [0.25, 0.3) is 0 Å². The Morgan fingerprint density at radius 3 is 2.45 bits per heavy atom. The first-order valence-corrected chi connectivity index (χ1v) is 4.19. The Kier molecular flexibility index (Phi) is 5.88. The molecule has 1 fully saturated rings. The number of hydrogen-bond donors (Lipinski definition) is 1. The number of halogens is 2. The first-order chi connectivity index (χ1) is 4.84. The molecule has 1 aliphatic rings. The second kappa shape index (κ2) is 5.78. The van der Waals surface area contributed by atoms with E-state index in [9.17, 15) is 4.39 Å². The Bertz CT molecular complexity index is 94.1. The summed E-state index contributed by atoms with van der Waals surface area (Å²) in [6.07, 6.45) is 2.18. The van der Waals surface area contributed by atoms with Gasteiger partial charge < -0.3 is 5.32 Å². The molecule has 0 aromatic heterocycles. The van der Waals surface area contributed by atoms with Gasteiger partial charge in [0, 0.05) is 0 Å². The number of rotatable bonds is 2. The molecular formula is C8H17ClFN. The minimum absolute atomic E-state index is 0. The van der Waals surface area contributed by atoms with Gasteiger partial charge in [-0.25, -0.2) is 4.39 Å². The Labute approximate surface area is 74.2 Å². The molecule has 0 amide bonds. The summed E-state index contributed by atoms with van der Waals surface area (Å²) >= 11 is 0. The molecule has 0 saturated carbocycles. The number of piperidine rings is 1. The van der Waals surface area contributed by atoms with E-state index in [2.05, 4.69) is 5.32 Å². The van der Waals surface area contributed by atoms with Gasteiger partial charge in [-0.1, -0.05) is 6.92 Å². The zero-order chi connectivity index (χ0) is 7.40. The van der Waals surface area contributed by atoms with E-state index in [-0.39, 0.29) is 12.4 Å². The zero-order valence-electron chi connectivity index (χ0n) is 6.98. The van der Waals surface area contributed by atoms with Gasteiger partial charge in [-0.15, -0.1) is 12.4 Å². The molecule has 0 bridgehead atoms. The summed E-state index contributed by atoms with van der Waals surface area (Å²) in [6, 6.07) is 0. The van der Waals surface area contributed by atoms with Gasteiger partial charge in [0.2, 0.25) is 0 Å². The van der Waals surface area contributed by atoms with Crippen LogP contribution in [0.4, 0.5) is 4.39 Å². The first-order valence-electron chi connectivity index (χ1n) is 4.19. The van der Waals surface area contributed by atoms with Crippen molar-refractivity contribution in [2.45, 2.75) is 32.4 Å². The number of hydrogen-bond acceptors (Lipinski definition) is 1. The van der Waals surface area contributed by atoms with E-state index in [1.807, 2.05) is 6.92 Å². The Morgan fingerprint density at radius 2 is 2.00 bits per heavy atom. The zero-order valence-corrected chi connectivity index (χ0v) is 7.79. The lowest BCUT2D eigenvalue weighted by atomic mass is 9.92. The molecule has 1 saturated heterocycles. The standard InChI is InChI=1S/C8H16FN.ClH/c1-2-8(9)7-3-5-10-6-4-7;/h7-8,10H,2-6H2,1H3;1H. The van der Waals surface area contributed by atoms with Gasteiger partial charge in [-0.05, 0) is 38.3 Å². The molecule has 3 heteroatoms. The van der Waals surface area contributed by atoms with Crippen LogP contribution >= 0.6 is 12.4 Å². The number of alkyl halides is 1. The van der Waals surface area contributed by atoms with Gasteiger partial charge in [0.05, 0.1) is 0 Å². The highest BCUT2D eigenvalue weighted by atomic mass is 35.5. The Morgan fingerprint density at radius 1 is 1.45 bits per heavy atom. The fraction of sp³-hybridized carbons (Fsp3) is 1.00. The fourth-order valence-corrected chi connectivity index (χ4v) is 1.54. The predicted molar refractivity (Wildman–Crippen MR) is 48.0 cm³/mol. The smallest absolute Gasteiger partial charge is 0.103 e. The predicted octanol–water partition coefficient (Wildman–Crippen LogP) is 2.16. The molecule has 1 heterocycles. The molecule has 1 atom stereocenters. The maximum Gasteiger partial charge on any atom is 0.103 e. The summed E-state index contributed by atoms with van der Waals surface area (Å²) in [6.45, 7) is 3.93. The largest absolute Gasteiger partial charge is 0.317 e. The molecule has 11 heavy (non-hydrogen) atoms. The van der Waals surface area contributed by atoms with E-state index < -0.39 is 6.17 Å². The monoisotopic (exact) mass is 181 g/mol. The summed E-state index contributed by atoms with van der Waals surface area (Å²) in [5.41, 5.74) is 0. The lowest BCUT2D eigenvalue weighted by Crippen LogP contribution is -2.32. The molecule has 0 radical (unpaired) electrons. The van der Waals surface area contributed by atoms with Crippen LogP contribution in [0.3, 0.4) is 0 Å². The van der Waals surface area contributed by atoms with E-state index in [0.717, 1.165) is 25.9 Å². The SMILES string of the molecule is CCC(F)C1CCNCC1.Cl. The van der Waals surface area contributed by atoms with Gasteiger partial charge in [0.15, 0.2) is 0 Å². The van der Waals surface area contributed by atoms with Crippen molar-refractivity contribution in [1.29, 1.82) is 0 Å². The van der Waals surface area contributed by atoms with Crippen LogP contribution in [0, 0.1) is 5.92 Å². The molecule has 0 aliphatic carbocycles. The van der Waals surface area contributed by atoms with Crippen LogP contribution in [0.1, 0.15) is 26.2 Å². The second-order valence-corrected chi connectivity index (χ2v) is 3.01. The molecule has 0 aromatic rings. The second-order valence-electron chi connectivity index (χ2n) is 3.01. The molecular weight excluding hydrogens is 165 g/mol. The van der Waals surface area contributed by atoms with Crippen LogP contribution < -0.4 is 5.32 Å². The Hall–Kier alpha value is 0.180. The van der Waals surface area contributed by atoms with Crippen molar-refractivity contribution in [2.24, 2.45) is 5.92 Å². The van der Waals surface area contributed by atoms with Crippen LogP contribution in [0.5, 0.6) is 0 Å². The van der Waals surface area contributed by atoms with Crippen molar-refractivity contribution in [2.75, 3.05) is 13.1 Å². The molecule has 0 aromatic carbocycles. The summed E-state index contributed by atoms with van der Waals surface area (Å²) < 4.78 is 13.0. The third kappa shape index (κ3) is 3.39. The molecule has 68 valence electrons. The summed E-state index contributed by atoms with van der Waals surface area (Å²) in [5.74, 6) is 0.339. The van der Waals surface area contributed by atoms with Gasteiger partial charge in [-0.2, -0.15) is 0 Å². The normalized spacial score (nSPS) is 22.4. The summed E-state index contributed by atoms with van der Waals surface area (Å²) in [5, 5.41) is 3.23. The Balaban J connectivity index is 0.000001000. The lowest BCUT2D eigenvalue weighted by Gasteiger charge is -2.24. The summed E-state index contributed by atoms with van der Waals surface area (Å²) in [4.78, 5) is 0. The molecule has 1 nitrogen and oxygen atoms in total. The molecule has 1 unspecified atom stereocenters. The number of nitrogens with one attached hydrogen (secondary N) is 1. The maximum atomic E-state index is 13.0. The average Bonchev–Trinajstić information content (AvgIpc) is 2.05. The van der Waals surface area contributed by atoms with Crippen molar-refractivity contribution in [3.63, 3.8) is 0 Å². The van der Waals surface area contributed by atoms with Crippen LogP contribution in [-0.2, 0) is 0 Å². The van der Waals surface area contributed by atoms with Crippen molar-refractivity contribution in [3.05, 3.63) is 0 Å². The van der Waals surface area contributed by atoms with Gasteiger partial charge >= 0.3 is 0 Å². The van der Waals surface area contributed by atoms with Gasteiger partial charge in [-0.3, -0.25) is 0 Å². The fourth-order valence-electron chi connectivity index (χ4n) is 1.54. The maximum absolute atomic E-state index is 13.0. The highest BCUT2D eigenvalue weighted by Gasteiger charge is 2.20. The molecule has 1 aliphatic heterocycles. The third-order valence-corrected chi connectivity index (χ3v) is 2.29. The summed E-state index contributed by atoms with van der Waals surface area (Å²) in [7, 11) is 0. The van der Waals surface area contributed by atoms with Crippen molar-refractivity contribution < 1.29 is 4.39 Å². The van der Waals surface area contributed by atoms with E-state index >= 15 is 0 Å². The van der Waals surface area contributed by atoms with E-state index in [0.29, 0.717) is 12.3 Å². The quantitative estimate of drug-likeness (QED) is 0.689. The van der Waals surface area contributed by atoms with Crippen molar-refractivity contribution in [3.8, 4) is 0 Å². The lowest BCUT2D eigenvalue weighted by molar-refractivity contribution is 0.183. The molecule has 1 rings (SSSR count). The van der Waals surface area contributed by atoms with Gasteiger partial charge in [0.1, 0.15) is 6.17 Å². The minimum Gasteiger partial charge on any atom is -0.317 e. The van der Waals surface area contributed by atoms with Crippen LogP contribution in [-0.4, -0.2) is 19.3 Å². The average molecular weight is 182 g/mol. The van der Waals surface area contributed by atoms with E-state index in [4.69, 9.17) is 0 Å². The van der Waals surface area contributed by atoms with E-state index in [1.54, 1.807) is 0 Å². The third-order valence-electron chi connectivity index (χ3n) is 2.29. The first kappa shape index (κ1) is 11.2. The van der Waals surface area contributed by atoms with Crippen LogP contribution in [0.25, 0.3) is 0 Å². The highest BCUT2D eigenvalue weighted by Crippen LogP contribution is 2.20. The topological polar surface area (TPSA) is 12.0 Å². The minimum atomic E-state index is -0.554.